The van der Waals surface area contributed by atoms with Gasteiger partial charge in [0, 0.05) is 24.9 Å². The fourth-order valence-electron chi connectivity index (χ4n) is 6.44. The summed E-state index contributed by atoms with van der Waals surface area (Å²) in [5.41, 5.74) is 4.74. The largest absolute Gasteiger partial charge is 0.480 e. The fraction of sp³-hybridized carbons (Fsp3) is 0.464. The number of rotatable bonds is 7. The van der Waals surface area contributed by atoms with E-state index in [1.807, 2.05) is 24.3 Å². The zero-order valence-corrected chi connectivity index (χ0v) is 20.1. The molecule has 2 unspecified atom stereocenters. The van der Waals surface area contributed by atoms with Crippen LogP contribution in [0.5, 0.6) is 0 Å². The molecule has 3 aliphatic rings. The summed E-state index contributed by atoms with van der Waals surface area (Å²) in [4.78, 5) is 38.4. The Bertz CT molecular complexity index is 1100. The maximum Gasteiger partial charge on any atom is 0.407 e. The molecule has 2 saturated carbocycles. The first kappa shape index (κ1) is 23.4. The number of fused-ring (bicyclic) bond motifs is 4. The number of benzene rings is 2. The Labute approximate surface area is 205 Å². The van der Waals surface area contributed by atoms with E-state index in [1.165, 1.54) is 27.2 Å². The lowest BCUT2D eigenvalue weighted by Crippen LogP contribution is -2.50. The third-order valence-corrected chi connectivity index (χ3v) is 8.31. The van der Waals surface area contributed by atoms with Gasteiger partial charge in [-0.1, -0.05) is 55.5 Å². The second-order valence-electron chi connectivity index (χ2n) is 10.1. The molecule has 5 atom stereocenters. The summed E-state index contributed by atoms with van der Waals surface area (Å²) >= 11 is 0. The summed E-state index contributed by atoms with van der Waals surface area (Å²) in [5, 5.41) is 12.4. The van der Waals surface area contributed by atoms with E-state index in [-0.39, 0.29) is 36.3 Å². The molecule has 2 N–H and O–H groups in total. The van der Waals surface area contributed by atoms with Gasteiger partial charge in [0.2, 0.25) is 5.91 Å². The van der Waals surface area contributed by atoms with E-state index in [4.69, 9.17) is 4.74 Å². The lowest BCUT2D eigenvalue weighted by Gasteiger charge is -2.40. The second kappa shape index (κ2) is 9.36. The third-order valence-electron chi connectivity index (χ3n) is 8.31. The molecule has 0 aromatic heterocycles. The molecule has 35 heavy (non-hydrogen) atoms. The van der Waals surface area contributed by atoms with Gasteiger partial charge in [0.1, 0.15) is 12.6 Å². The molecule has 2 amide bonds. The van der Waals surface area contributed by atoms with Crippen LogP contribution in [0.3, 0.4) is 0 Å². The first-order valence-electron chi connectivity index (χ1n) is 12.5. The average Bonchev–Trinajstić information content (AvgIpc) is 3.36. The minimum atomic E-state index is -0.973. The van der Waals surface area contributed by atoms with E-state index < -0.39 is 18.1 Å². The standard InChI is InChI=1S/C28H32N2O5/c1-3-25(27(32)33)30(2)26(31)17-12-16-14-24(22(16)13-17)29-28(34)35-15-23-20-10-6-4-8-18(20)19-9-5-7-11-21(19)23/h4-11,16-17,22-25H,3,12-15H2,1-2H3,(H,29,34)(H,32,33)/t16-,17?,22-,24+,25?/m1/s1. The number of amides is 2. The topological polar surface area (TPSA) is 95.9 Å². The van der Waals surface area contributed by atoms with Gasteiger partial charge in [-0.3, -0.25) is 4.79 Å². The van der Waals surface area contributed by atoms with Gasteiger partial charge in [0.05, 0.1) is 0 Å². The van der Waals surface area contributed by atoms with Crippen LogP contribution in [-0.2, 0) is 14.3 Å². The van der Waals surface area contributed by atoms with Crippen molar-refractivity contribution in [2.45, 2.75) is 50.6 Å². The number of nitrogens with zero attached hydrogens (tertiary/aromatic N) is 1. The molecule has 7 heteroatoms. The lowest BCUT2D eigenvalue weighted by atomic mass is 9.71. The summed E-state index contributed by atoms with van der Waals surface area (Å²) in [6.07, 6.45) is 2.23. The lowest BCUT2D eigenvalue weighted by molar-refractivity contribution is -0.150. The van der Waals surface area contributed by atoms with Crippen LogP contribution in [0.2, 0.25) is 0 Å². The number of aliphatic carboxylic acids is 1. The Morgan fingerprint density at radius 2 is 1.66 bits per heavy atom. The smallest absolute Gasteiger partial charge is 0.407 e. The summed E-state index contributed by atoms with van der Waals surface area (Å²) < 4.78 is 5.69. The fourth-order valence-corrected chi connectivity index (χ4v) is 6.44. The van der Waals surface area contributed by atoms with Gasteiger partial charge in [0.25, 0.3) is 0 Å². The maximum absolute atomic E-state index is 12.9. The highest BCUT2D eigenvalue weighted by molar-refractivity contribution is 5.85. The number of carboxylic acid groups (broad SMARTS) is 1. The summed E-state index contributed by atoms with van der Waals surface area (Å²) in [5.74, 6) is -0.610. The monoisotopic (exact) mass is 476 g/mol. The molecule has 3 aliphatic carbocycles. The zero-order chi connectivity index (χ0) is 24.7. The van der Waals surface area contributed by atoms with Gasteiger partial charge in [0.15, 0.2) is 0 Å². The highest BCUT2D eigenvalue weighted by Gasteiger charge is 2.51. The molecule has 184 valence electrons. The molecule has 0 spiro atoms. The minimum absolute atomic E-state index is 0.000188. The van der Waals surface area contributed by atoms with E-state index in [0.29, 0.717) is 18.8 Å². The SMILES string of the molecule is CCC(C(=O)O)N(C)C(=O)C1C[C@@H]2C[C@H](NC(=O)OCC3c4ccccc4-c4ccccc43)[C@@H]2C1. The Hall–Kier alpha value is -3.35. The Morgan fingerprint density at radius 3 is 2.26 bits per heavy atom. The number of nitrogens with one attached hydrogen (secondary N) is 1. The van der Waals surface area contributed by atoms with Gasteiger partial charge >= 0.3 is 12.1 Å². The van der Waals surface area contributed by atoms with Crippen LogP contribution in [0.15, 0.2) is 48.5 Å². The maximum atomic E-state index is 12.9. The molecule has 0 aliphatic heterocycles. The minimum Gasteiger partial charge on any atom is -0.480 e. The van der Waals surface area contributed by atoms with Crippen molar-refractivity contribution in [3.63, 3.8) is 0 Å². The number of hydrogen-bond donors (Lipinski definition) is 2. The van der Waals surface area contributed by atoms with Crippen LogP contribution in [0.4, 0.5) is 4.79 Å². The number of ether oxygens (including phenoxy) is 1. The zero-order valence-electron chi connectivity index (χ0n) is 20.1. The predicted octanol–water partition coefficient (Wildman–Crippen LogP) is 4.26. The van der Waals surface area contributed by atoms with E-state index in [1.54, 1.807) is 14.0 Å². The van der Waals surface area contributed by atoms with Gasteiger partial charge in [-0.25, -0.2) is 9.59 Å². The van der Waals surface area contributed by atoms with Crippen LogP contribution in [0.25, 0.3) is 11.1 Å². The molecule has 7 nitrogen and oxygen atoms in total. The summed E-state index contributed by atoms with van der Waals surface area (Å²) in [6, 6.07) is 15.7. The number of carboxylic acids is 1. The van der Waals surface area contributed by atoms with Crippen molar-refractivity contribution in [3.05, 3.63) is 59.7 Å². The predicted molar refractivity (Wildman–Crippen MR) is 131 cm³/mol. The number of likely N-dealkylation sites (N-methyl/N-ethyl adjacent to an activating group) is 1. The van der Waals surface area contributed by atoms with Crippen molar-refractivity contribution >= 4 is 18.0 Å². The summed E-state index contributed by atoms with van der Waals surface area (Å²) in [6.45, 7) is 2.05. The molecule has 2 fully saturated rings. The molecular formula is C28H32N2O5. The van der Waals surface area contributed by atoms with Crippen LogP contribution in [-0.4, -0.2) is 53.7 Å². The van der Waals surface area contributed by atoms with Crippen LogP contribution < -0.4 is 5.32 Å². The van der Waals surface area contributed by atoms with E-state index >= 15 is 0 Å². The van der Waals surface area contributed by atoms with E-state index in [0.717, 1.165) is 12.8 Å². The Kier molecular flexibility index (Phi) is 6.26. The van der Waals surface area contributed by atoms with Crippen LogP contribution in [0.1, 0.15) is 49.7 Å². The van der Waals surface area contributed by atoms with Crippen LogP contribution in [0, 0.1) is 17.8 Å². The molecular weight excluding hydrogens is 444 g/mol. The highest BCUT2D eigenvalue weighted by atomic mass is 16.5. The van der Waals surface area contributed by atoms with E-state index in [2.05, 4.69) is 29.6 Å². The van der Waals surface area contributed by atoms with Crippen molar-refractivity contribution in [1.29, 1.82) is 0 Å². The van der Waals surface area contributed by atoms with Crippen molar-refractivity contribution in [2.24, 2.45) is 17.8 Å². The molecule has 2 aromatic rings. The average molecular weight is 477 g/mol. The van der Waals surface area contributed by atoms with Crippen molar-refractivity contribution in [2.75, 3.05) is 13.7 Å². The van der Waals surface area contributed by atoms with Gasteiger partial charge in [-0.15, -0.1) is 0 Å². The second-order valence-corrected chi connectivity index (χ2v) is 10.1. The number of carbonyl (C=O) groups excluding carboxylic acids is 2. The molecule has 0 radical (unpaired) electrons. The first-order valence-corrected chi connectivity index (χ1v) is 12.5. The molecule has 5 rings (SSSR count). The number of carbonyl (C=O) groups is 3. The van der Waals surface area contributed by atoms with Crippen molar-refractivity contribution < 1.29 is 24.2 Å². The van der Waals surface area contributed by atoms with Gasteiger partial charge < -0.3 is 20.1 Å². The van der Waals surface area contributed by atoms with Crippen molar-refractivity contribution in [1.82, 2.24) is 10.2 Å². The number of hydrogen-bond acceptors (Lipinski definition) is 4. The molecule has 0 bridgehead atoms. The third kappa shape index (κ3) is 4.17. The normalized spacial score (nSPS) is 25.0. The first-order chi connectivity index (χ1) is 16.9. The number of alkyl carbamates (subject to hydrolysis) is 1. The molecule has 0 heterocycles. The Morgan fingerprint density at radius 1 is 1.03 bits per heavy atom. The van der Waals surface area contributed by atoms with E-state index in [9.17, 15) is 19.5 Å². The van der Waals surface area contributed by atoms with Gasteiger partial charge in [-0.2, -0.15) is 0 Å². The molecule has 2 aromatic carbocycles. The summed E-state index contributed by atoms with van der Waals surface area (Å²) in [7, 11) is 1.58. The van der Waals surface area contributed by atoms with Gasteiger partial charge in [-0.05, 0) is 59.8 Å². The highest BCUT2D eigenvalue weighted by Crippen LogP contribution is 2.50. The molecule has 0 saturated heterocycles. The van der Waals surface area contributed by atoms with Crippen LogP contribution >= 0.6 is 0 Å². The Balaban J connectivity index is 1.15. The quantitative estimate of drug-likeness (QED) is 0.623. The van der Waals surface area contributed by atoms with Crippen molar-refractivity contribution in [3.8, 4) is 11.1 Å².